The lowest BCUT2D eigenvalue weighted by Crippen LogP contribution is -2.03. The zero-order valence-corrected chi connectivity index (χ0v) is 8.52. The number of carbonyl (C=O) groups excluding carboxylic acids is 1. The molecule has 0 aromatic carbocycles. The Hall–Kier alpha value is -0.610. The third-order valence-electron chi connectivity index (χ3n) is 1.02. The van der Waals surface area contributed by atoms with Crippen LogP contribution in [0.5, 0.6) is 5.88 Å². The molecule has 0 aliphatic carbocycles. The molecule has 1 aromatic rings. The van der Waals surface area contributed by atoms with Gasteiger partial charge in [-0.25, -0.2) is 4.98 Å². The number of esters is 1. The van der Waals surface area contributed by atoms with E-state index in [1.54, 1.807) is 12.1 Å². The van der Waals surface area contributed by atoms with Crippen molar-refractivity contribution in [3.05, 3.63) is 21.8 Å². The van der Waals surface area contributed by atoms with Gasteiger partial charge in [0, 0.05) is 6.92 Å². The first-order valence-electron chi connectivity index (χ1n) is 3.10. The van der Waals surface area contributed by atoms with Gasteiger partial charge < -0.3 is 4.74 Å². The summed E-state index contributed by atoms with van der Waals surface area (Å²) in [6, 6.07) is 3.26. The number of hydrogen-bond donors (Lipinski definition) is 0. The molecule has 1 heterocycles. The van der Waals surface area contributed by atoms with Gasteiger partial charge in [0.15, 0.2) is 0 Å². The molecule has 1 rings (SSSR count). The highest BCUT2D eigenvalue weighted by Crippen LogP contribution is 2.24. The van der Waals surface area contributed by atoms with Crippen LogP contribution in [0.3, 0.4) is 0 Å². The maximum atomic E-state index is 10.6. The zero-order chi connectivity index (χ0) is 9.14. The Morgan fingerprint density at radius 1 is 1.67 bits per heavy atom. The minimum atomic E-state index is -0.425. The minimum Gasteiger partial charge on any atom is -0.406 e. The lowest BCUT2D eigenvalue weighted by Gasteiger charge is -2.01. The summed E-state index contributed by atoms with van der Waals surface area (Å²) in [5.74, 6) is -0.236. The molecule has 0 unspecified atom stereocenters. The summed E-state index contributed by atoms with van der Waals surface area (Å²) >= 11 is 8.74. The van der Waals surface area contributed by atoms with E-state index in [-0.39, 0.29) is 11.0 Å². The molecule has 0 N–H and O–H groups in total. The molecule has 0 aliphatic rings. The fraction of sp³-hybridized carbons (Fsp3) is 0.143. The predicted octanol–water partition coefficient (Wildman–Crippen LogP) is 2.42. The highest BCUT2D eigenvalue weighted by Gasteiger charge is 2.05. The van der Waals surface area contributed by atoms with Gasteiger partial charge in [-0.15, -0.1) is 0 Å². The van der Waals surface area contributed by atoms with Gasteiger partial charge in [-0.3, -0.25) is 4.79 Å². The summed E-state index contributed by atoms with van der Waals surface area (Å²) in [7, 11) is 0. The Morgan fingerprint density at radius 3 is 2.92 bits per heavy atom. The van der Waals surface area contributed by atoms with Gasteiger partial charge in [-0.2, -0.15) is 0 Å². The Labute approximate surface area is 82.8 Å². The third kappa shape index (κ3) is 2.46. The fourth-order valence-electron chi connectivity index (χ4n) is 0.609. The lowest BCUT2D eigenvalue weighted by molar-refractivity contribution is -0.132. The number of ether oxygens (including phenoxy) is 1. The number of nitrogens with zero attached hydrogens (tertiary/aromatic N) is 1. The molecule has 5 heteroatoms. The van der Waals surface area contributed by atoms with Gasteiger partial charge in [-0.1, -0.05) is 11.6 Å². The van der Waals surface area contributed by atoms with Crippen LogP contribution in [0.2, 0.25) is 5.15 Å². The number of aromatic nitrogens is 1. The quantitative estimate of drug-likeness (QED) is 0.567. The topological polar surface area (TPSA) is 39.2 Å². The van der Waals surface area contributed by atoms with Crippen molar-refractivity contribution in [2.45, 2.75) is 6.92 Å². The van der Waals surface area contributed by atoms with Crippen LogP contribution in [-0.2, 0) is 4.79 Å². The molecule has 0 atom stereocenters. The molecule has 0 saturated heterocycles. The van der Waals surface area contributed by atoms with Crippen LogP contribution >= 0.6 is 27.5 Å². The average molecular weight is 250 g/mol. The second-order valence-electron chi connectivity index (χ2n) is 2.01. The van der Waals surface area contributed by atoms with Gasteiger partial charge >= 0.3 is 5.97 Å². The lowest BCUT2D eigenvalue weighted by atomic mass is 10.5. The van der Waals surface area contributed by atoms with Crippen molar-refractivity contribution < 1.29 is 9.53 Å². The van der Waals surface area contributed by atoms with Crippen molar-refractivity contribution in [3.8, 4) is 5.88 Å². The van der Waals surface area contributed by atoms with Crippen LogP contribution in [0.15, 0.2) is 16.6 Å². The van der Waals surface area contributed by atoms with E-state index in [2.05, 4.69) is 20.9 Å². The molecule has 1 aromatic heterocycles. The predicted molar refractivity (Wildman–Crippen MR) is 48.3 cm³/mol. The van der Waals surface area contributed by atoms with E-state index >= 15 is 0 Å². The van der Waals surface area contributed by atoms with E-state index < -0.39 is 5.97 Å². The van der Waals surface area contributed by atoms with E-state index in [1.807, 2.05) is 0 Å². The first kappa shape index (κ1) is 9.48. The Kier molecular flexibility index (Phi) is 3.05. The molecule has 0 bridgehead atoms. The summed E-state index contributed by atoms with van der Waals surface area (Å²) in [4.78, 5) is 14.3. The first-order chi connectivity index (χ1) is 5.59. The molecule has 3 nitrogen and oxygen atoms in total. The van der Waals surface area contributed by atoms with Crippen LogP contribution in [0.4, 0.5) is 0 Å². The monoisotopic (exact) mass is 249 g/mol. The summed E-state index contributed by atoms with van der Waals surface area (Å²) in [5.41, 5.74) is 0. The van der Waals surface area contributed by atoms with Gasteiger partial charge in [0.1, 0.15) is 5.15 Å². The second kappa shape index (κ2) is 3.87. The van der Waals surface area contributed by atoms with E-state index in [0.29, 0.717) is 4.47 Å². The van der Waals surface area contributed by atoms with Crippen molar-refractivity contribution in [2.24, 2.45) is 0 Å². The molecule has 0 fully saturated rings. The molecular weight excluding hydrogens is 245 g/mol. The molecule has 12 heavy (non-hydrogen) atoms. The number of hydrogen-bond acceptors (Lipinski definition) is 3. The molecule has 0 aliphatic heterocycles. The third-order valence-corrected chi connectivity index (χ3v) is 1.83. The van der Waals surface area contributed by atoms with Crippen LogP contribution in [-0.4, -0.2) is 11.0 Å². The molecular formula is C7H5BrClNO2. The smallest absolute Gasteiger partial charge is 0.309 e. The van der Waals surface area contributed by atoms with Crippen LogP contribution < -0.4 is 4.74 Å². The highest BCUT2D eigenvalue weighted by molar-refractivity contribution is 9.10. The van der Waals surface area contributed by atoms with Gasteiger partial charge in [-0.05, 0) is 28.1 Å². The van der Waals surface area contributed by atoms with Crippen molar-refractivity contribution in [2.75, 3.05) is 0 Å². The van der Waals surface area contributed by atoms with Crippen LogP contribution in [0, 0.1) is 0 Å². The zero-order valence-electron chi connectivity index (χ0n) is 6.17. The van der Waals surface area contributed by atoms with E-state index in [1.165, 1.54) is 6.92 Å². The van der Waals surface area contributed by atoms with Gasteiger partial charge in [0.2, 0.25) is 5.88 Å². The van der Waals surface area contributed by atoms with Crippen molar-refractivity contribution in [3.63, 3.8) is 0 Å². The Morgan fingerprint density at radius 2 is 2.33 bits per heavy atom. The molecule has 0 amide bonds. The van der Waals surface area contributed by atoms with Gasteiger partial charge in [0.05, 0.1) is 4.47 Å². The first-order valence-corrected chi connectivity index (χ1v) is 4.27. The van der Waals surface area contributed by atoms with Crippen molar-refractivity contribution in [1.82, 2.24) is 4.98 Å². The number of halogens is 2. The normalized spacial score (nSPS) is 9.58. The average Bonchev–Trinajstić information content (AvgIpc) is 1.96. The summed E-state index contributed by atoms with van der Waals surface area (Å²) in [6.45, 7) is 1.30. The SMILES string of the molecule is CC(=O)Oc1nc(Cl)ccc1Br. The Bertz CT molecular complexity index is 316. The van der Waals surface area contributed by atoms with E-state index in [0.717, 1.165) is 0 Å². The largest absolute Gasteiger partial charge is 0.406 e. The van der Waals surface area contributed by atoms with Crippen LogP contribution in [0.25, 0.3) is 0 Å². The summed E-state index contributed by atoms with van der Waals surface area (Å²) in [6.07, 6.45) is 0. The van der Waals surface area contributed by atoms with Crippen molar-refractivity contribution >= 4 is 33.5 Å². The molecule has 0 saturated carbocycles. The summed E-state index contributed by atoms with van der Waals surface area (Å²) in [5, 5.41) is 0.287. The number of rotatable bonds is 1. The maximum absolute atomic E-state index is 10.6. The van der Waals surface area contributed by atoms with Crippen molar-refractivity contribution in [1.29, 1.82) is 0 Å². The fourth-order valence-corrected chi connectivity index (χ4v) is 1.05. The summed E-state index contributed by atoms with van der Waals surface area (Å²) < 4.78 is 5.34. The maximum Gasteiger partial charge on any atom is 0.309 e. The standard InChI is InChI=1S/C7H5BrClNO2/c1-4(11)12-7-5(8)2-3-6(9)10-7/h2-3H,1H3. The molecule has 64 valence electrons. The Balaban J connectivity index is 2.97. The second-order valence-corrected chi connectivity index (χ2v) is 3.26. The number of carbonyl (C=O) groups is 1. The molecule has 0 spiro atoms. The molecule has 0 radical (unpaired) electrons. The number of pyridine rings is 1. The van der Waals surface area contributed by atoms with Gasteiger partial charge in [0.25, 0.3) is 0 Å². The van der Waals surface area contributed by atoms with Crippen LogP contribution in [0.1, 0.15) is 6.92 Å². The van der Waals surface area contributed by atoms with E-state index in [4.69, 9.17) is 16.3 Å². The highest BCUT2D eigenvalue weighted by atomic mass is 79.9. The van der Waals surface area contributed by atoms with E-state index in [9.17, 15) is 4.79 Å². The minimum absolute atomic E-state index is 0.190.